The Labute approximate surface area is 173 Å². The van der Waals surface area contributed by atoms with E-state index in [2.05, 4.69) is 10.6 Å². The van der Waals surface area contributed by atoms with Crippen LogP contribution in [0, 0.1) is 10.1 Å². The summed E-state index contributed by atoms with van der Waals surface area (Å²) in [6.07, 6.45) is 0.0827. The van der Waals surface area contributed by atoms with Gasteiger partial charge in [-0.3, -0.25) is 19.7 Å². The van der Waals surface area contributed by atoms with E-state index >= 15 is 0 Å². The molecule has 0 saturated carbocycles. The Morgan fingerprint density at radius 1 is 0.967 bits per heavy atom. The monoisotopic (exact) mass is 413 g/mol. The number of rotatable bonds is 9. The summed E-state index contributed by atoms with van der Waals surface area (Å²) >= 11 is 0. The third-order valence-corrected chi connectivity index (χ3v) is 4.39. The number of benzene rings is 2. The molecule has 0 radical (unpaired) electrons. The molecule has 0 spiro atoms. The number of amides is 2. The van der Waals surface area contributed by atoms with Gasteiger partial charge in [0.25, 0.3) is 5.69 Å². The van der Waals surface area contributed by atoms with Crippen LogP contribution in [0.4, 0.5) is 5.69 Å². The molecular formula is C21H23N3O6. The molecule has 0 aromatic heterocycles. The summed E-state index contributed by atoms with van der Waals surface area (Å²) in [5.74, 6) is -1.75. The maximum absolute atomic E-state index is 12.9. The van der Waals surface area contributed by atoms with Crippen LogP contribution in [-0.4, -0.2) is 41.9 Å². The first-order valence-corrected chi connectivity index (χ1v) is 9.23. The summed E-state index contributed by atoms with van der Waals surface area (Å²) in [7, 11) is 1.16. The molecule has 2 amide bonds. The quantitative estimate of drug-likeness (QED) is 0.365. The lowest BCUT2D eigenvalue weighted by molar-refractivity contribution is -0.385. The van der Waals surface area contributed by atoms with Gasteiger partial charge in [-0.15, -0.1) is 0 Å². The van der Waals surface area contributed by atoms with Gasteiger partial charge in [0.1, 0.15) is 12.1 Å². The van der Waals surface area contributed by atoms with Gasteiger partial charge in [0.2, 0.25) is 11.8 Å². The van der Waals surface area contributed by atoms with Gasteiger partial charge in [0.05, 0.1) is 12.0 Å². The number of carbonyl (C=O) groups is 3. The Kier molecular flexibility index (Phi) is 8.04. The Hall–Kier alpha value is -3.75. The zero-order valence-electron chi connectivity index (χ0n) is 16.7. The lowest BCUT2D eigenvalue weighted by Crippen LogP contribution is -2.53. The molecule has 0 aliphatic rings. The number of nitrogens with zero attached hydrogens (tertiary/aromatic N) is 1. The highest BCUT2D eigenvalue weighted by atomic mass is 16.6. The third-order valence-electron chi connectivity index (χ3n) is 4.39. The molecule has 158 valence electrons. The molecule has 2 atom stereocenters. The second-order valence-corrected chi connectivity index (χ2v) is 6.62. The number of nitrogens with one attached hydrogen (secondary N) is 2. The predicted octanol–water partition coefficient (Wildman–Crippen LogP) is 1.54. The van der Waals surface area contributed by atoms with E-state index in [-0.39, 0.29) is 24.1 Å². The summed E-state index contributed by atoms with van der Waals surface area (Å²) in [5, 5.41) is 16.4. The van der Waals surface area contributed by atoms with Crippen LogP contribution >= 0.6 is 0 Å². The van der Waals surface area contributed by atoms with Crippen molar-refractivity contribution >= 4 is 23.5 Å². The van der Waals surface area contributed by atoms with Crippen LogP contribution in [0.3, 0.4) is 0 Å². The van der Waals surface area contributed by atoms with Crippen LogP contribution in [0.5, 0.6) is 0 Å². The summed E-state index contributed by atoms with van der Waals surface area (Å²) < 4.78 is 4.75. The number of hydrogen-bond acceptors (Lipinski definition) is 6. The first-order chi connectivity index (χ1) is 14.3. The molecule has 2 rings (SSSR count). The number of methoxy groups -OCH3 is 1. The maximum Gasteiger partial charge on any atom is 0.328 e. The molecule has 2 aromatic carbocycles. The third kappa shape index (κ3) is 6.40. The fourth-order valence-electron chi connectivity index (χ4n) is 2.99. The Morgan fingerprint density at radius 2 is 1.60 bits per heavy atom. The zero-order chi connectivity index (χ0) is 22.1. The number of esters is 1. The van der Waals surface area contributed by atoms with Crippen molar-refractivity contribution in [3.05, 3.63) is 75.8 Å². The lowest BCUT2D eigenvalue weighted by Gasteiger charge is -2.22. The van der Waals surface area contributed by atoms with Gasteiger partial charge in [-0.05, 0) is 5.56 Å². The molecular weight excluding hydrogens is 390 g/mol. The number of nitro groups is 1. The van der Waals surface area contributed by atoms with Gasteiger partial charge < -0.3 is 15.4 Å². The normalized spacial score (nSPS) is 12.3. The summed E-state index contributed by atoms with van der Waals surface area (Å²) in [4.78, 5) is 47.4. The number of hydrogen-bond donors (Lipinski definition) is 2. The van der Waals surface area contributed by atoms with Crippen LogP contribution in [0.1, 0.15) is 18.1 Å². The summed E-state index contributed by atoms with van der Waals surface area (Å²) in [6.45, 7) is 1.29. The molecule has 0 bridgehead atoms. The van der Waals surface area contributed by atoms with Gasteiger partial charge in [-0.25, -0.2) is 4.79 Å². The largest absolute Gasteiger partial charge is 0.467 e. The average Bonchev–Trinajstić information content (AvgIpc) is 2.72. The average molecular weight is 413 g/mol. The van der Waals surface area contributed by atoms with Crippen LogP contribution in [0.15, 0.2) is 54.6 Å². The van der Waals surface area contributed by atoms with Crippen LogP contribution in [0.2, 0.25) is 0 Å². The topological polar surface area (TPSA) is 128 Å². The summed E-state index contributed by atoms with van der Waals surface area (Å²) in [5.41, 5.74) is 0.931. The van der Waals surface area contributed by atoms with Gasteiger partial charge in [-0.2, -0.15) is 0 Å². The fourth-order valence-corrected chi connectivity index (χ4v) is 2.99. The van der Waals surface area contributed by atoms with E-state index in [1.807, 2.05) is 30.3 Å². The minimum Gasteiger partial charge on any atom is -0.467 e. The van der Waals surface area contributed by atoms with Crippen molar-refractivity contribution in [1.29, 1.82) is 0 Å². The first kappa shape index (κ1) is 22.5. The van der Waals surface area contributed by atoms with Crippen molar-refractivity contribution in [2.75, 3.05) is 7.11 Å². The number of para-hydroxylation sites is 1. The highest BCUT2D eigenvalue weighted by Gasteiger charge is 2.29. The van der Waals surface area contributed by atoms with E-state index in [1.165, 1.54) is 25.1 Å². The molecule has 0 aliphatic carbocycles. The van der Waals surface area contributed by atoms with Crippen LogP contribution in [-0.2, 0) is 32.0 Å². The van der Waals surface area contributed by atoms with Crippen LogP contribution < -0.4 is 10.6 Å². The Morgan fingerprint density at radius 3 is 2.20 bits per heavy atom. The van der Waals surface area contributed by atoms with Crippen molar-refractivity contribution in [3.63, 3.8) is 0 Å². The highest BCUT2D eigenvalue weighted by molar-refractivity contribution is 5.90. The first-order valence-electron chi connectivity index (χ1n) is 9.23. The number of nitro benzene ring substituents is 1. The van der Waals surface area contributed by atoms with Crippen molar-refractivity contribution in [2.45, 2.75) is 31.8 Å². The fraction of sp³-hybridized carbons (Fsp3) is 0.286. The lowest BCUT2D eigenvalue weighted by atomic mass is 10.0. The van der Waals surface area contributed by atoms with E-state index in [0.717, 1.165) is 12.7 Å². The number of ether oxygens (including phenoxy) is 1. The van der Waals surface area contributed by atoms with Crippen molar-refractivity contribution in [2.24, 2.45) is 0 Å². The molecule has 0 heterocycles. The molecule has 2 aromatic rings. The van der Waals surface area contributed by atoms with E-state index in [4.69, 9.17) is 4.74 Å². The molecule has 9 nitrogen and oxygen atoms in total. The molecule has 0 unspecified atom stereocenters. The van der Waals surface area contributed by atoms with E-state index in [0.29, 0.717) is 0 Å². The Bertz CT molecular complexity index is 916. The predicted molar refractivity (Wildman–Crippen MR) is 108 cm³/mol. The van der Waals surface area contributed by atoms with Gasteiger partial charge in [0.15, 0.2) is 0 Å². The maximum atomic E-state index is 12.9. The molecule has 0 fully saturated rings. The SMILES string of the molecule is COC(=O)[C@@H](Cc1ccccc1[N+](=O)[O-])NC(=O)[C@H](Cc1ccccc1)NC(C)=O. The molecule has 2 N–H and O–H groups in total. The standard InChI is InChI=1S/C21H23N3O6/c1-14(25)22-17(12-15-8-4-3-5-9-15)20(26)23-18(21(27)30-2)13-16-10-6-7-11-19(16)24(28)29/h3-11,17-18H,12-13H2,1-2H3,(H,22,25)(H,23,26)/t17-,18+/m0/s1. The molecule has 9 heteroatoms. The molecule has 30 heavy (non-hydrogen) atoms. The molecule has 0 aliphatic heterocycles. The van der Waals surface area contributed by atoms with Gasteiger partial charge >= 0.3 is 5.97 Å². The van der Waals surface area contributed by atoms with Gasteiger partial charge in [-0.1, -0.05) is 48.5 Å². The second kappa shape index (κ2) is 10.7. The number of carbonyl (C=O) groups excluding carboxylic acids is 3. The smallest absolute Gasteiger partial charge is 0.328 e. The Balaban J connectivity index is 2.22. The van der Waals surface area contributed by atoms with Crippen molar-refractivity contribution in [1.82, 2.24) is 10.6 Å². The van der Waals surface area contributed by atoms with E-state index in [1.54, 1.807) is 6.07 Å². The molecule has 0 saturated heterocycles. The van der Waals surface area contributed by atoms with Gasteiger partial charge in [0, 0.05) is 31.4 Å². The van der Waals surface area contributed by atoms with E-state index in [9.17, 15) is 24.5 Å². The van der Waals surface area contributed by atoms with Crippen LogP contribution in [0.25, 0.3) is 0 Å². The minimum absolute atomic E-state index is 0.131. The second-order valence-electron chi connectivity index (χ2n) is 6.62. The van der Waals surface area contributed by atoms with Crippen molar-refractivity contribution < 1.29 is 24.0 Å². The van der Waals surface area contributed by atoms with E-state index < -0.39 is 34.8 Å². The minimum atomic E-state index is -1.16. The zero-order valence-corrected chi connectivity index (χ0v) is 16.7. The highest BCUT2D eigenvalue weighted by Crippen LogP contribution is 2.19. The summed E-state index contributed by atoms with van der Waals surface area (Å²) in [6, 6.07) is 12.9. The van der Waals surface area contributed by atoms with Crippen molar-refractivity contribution in [3.8, 4) is 0 Å².